The minimum Gasteiger partial charge on any atom is -0.493 e. The number of rotatable bonds is 8. The summed E-state index contributed by atoms with van der Waals surface area (Å²) in [7, 11) is 5.26. The average molecular weight is 357 g/mol. The van der Waals surface area contributed by atoms with Gasteiger partial charge in [-0.3, -0.25) is 4.79 Å². The molecule has 0 heterocycles. The van der Waals surface area contributed by atoms with E-state index < -0.39 is 0 Å². The lowest BCUT2D eigenvalue weighted by molar-refractivity contribution is -0.907. The Morgan fingerprint density at radius 1 is 1.04 bits per heavy atom. The Balaban J connectivity index is 1.99. The second-order valence-electron chi connectivity index (χ2n) is 6.47. The molecule has 0 aliphatic carbocycles. The number of amides is 1. The number of anilines is 1. The van der Waals surface area contributed by atoms with Crippen molar-refractivity contribution in [2.45, 2.75) is 32.9 Å². The molecule has 0 aliphatic heterocycles. The van der Waals surface area contributed by atoms with Gasteiger partial charge < -0.3 is 19.7 Å². The van der Waals surface area contributed by atoms with Crippen molar-refractivity contribution in [3.05, 3.63) is 53.6 Å². The van der Waals surface area contributed by atoms with Gasteiger partial charge in [0.25, 0.3) is 5.91 Å². The molecule has 0 saturated heterocycles. The fraction of sp³-hybridized carbons (Fsp3) is 0.381. The molecular formula is C21H29N2O3+. The Morgan fingerprint density at radius 2 is 1.65 bits per heavy atom. The third-order valence-corrected chi connectivity index (χ3v) is 4.69. The molecule has 140 valence electrons. The SMILES string of the molecule is CCc1ccc(NC(=O)[C@@H](C)[NH+](C)Cc2ccc(OC)c(OC)c2)cc1. The van der Waals surface area contributed by atoms with Gasteiger partial charge in [-0.1, -0.05) is 19.1 Å². The first-order valence-corrected chi connectivity index (χ1v) is 8.91. The first-order valence-electron chi connectivity index (χ1n) is 8.91. The van der Waals surface area contributed by atoms with Crippen LogP contribution in [0.3, 0.4) is 0 Å². The van der Waals surface area contributed by atoms with Crippen molar-refractivity contribution in [2.75, 3.05) is 26.6 Å². The molecule has 2 aromatic carbocycles. The monoisotopic (exact) mass is 357 g/mol. The second-order valence-corrected chi connectivity index (χ2v) is 6.47. The van der Waals surface area contributed by atoms with Crippen molar-refractivity contribution >= 4 is 11.6 Å². The van der Waals surface area contributed by atoms with Crippen LogP contribution < -0.4 is 19.7 Å². The van der Waals surface area contributed by atoms with Crippen molar-refractivity contribution in [3.63, 3.8) is 0 Å². The maximum Gasteiger partial charge on any atom is 0.282 e. The minimum absolute atomic E-state index is 0.00669. The number of likely N-dealkylation sites (N-methyl/N-ethyl adjacent to an activating group) is 1. The molecule has 0 fully saturated rings. The fourth-order valence-electron chi connectivity index (χ4n) is 2.76. The molecule has 0 saturated carbocycles. The Labute approximate surface area is 155 Å². The summed E-state index contributed by atoms with van der Waals surface area (Å²) in [4.78, 5) is 13.6. The number of aryl methyl sites for hydroxylation is 1. The van der Waals surface area contributed by atoms with Crippen LogP contribution in [0.2, 0.25) is 0 Å². The van der Waals surface area contributed by atoms with Crippen molar-refractivity contribution in [2.24, 2.45) is 0 Å². The largest absolute Gasteiger partial charge is 0.493 e. The molecule has 2 aromatic rings. The number of benzene rings is 2. The summed E-state index contributed by atoms with van der Waals surface area (Å²) in [5, 5.41) is 3.00. The van der Waals surface area contributed by atoms with E-state index in [0.29, 0.717) is 18.0 Å². The molecule has 0 radical (unpaired) electrons. The molecule has 2 atom stereocenters. The molecule has 1 unspecified atom stereocenters. The van der Waals surface area contributed by atoms with Crippen LogP contribution in [-0.2, 0) is 17.8 Å². The van der Waals surface area contributed by atoms with Crippen LogP contribution in [0.25, 0.3) is 0 Å². The molecular weight excluding hydrogens is 328 g/mol. The first kappa shape index (κ1) is 19.8. The molecule has 5 heteroatoms. The normalized spacial score (nSPS) is 13.0. The van der Waals surface area contributed by atoms with Gasteiger partial charge in [0.1, 0.15) is 6.54 Å². The van der Waals surface area contributed by atoms with Crippen LogP contribution in [0.4, 0.5) is 5.69 Å². The summed E-state index contributed by atoms with van der Waals surface area (Å²) in [5.41, 5.74) is 3.18. The van der Waals surface area contributed by atoms with Crippen LogP contribution in [0.5, 0.6) is 11.5 Å². The topological polar surface area (TPSA) is 52.0 Å². The van der Waals surface area contributed by atoms with Gasteiger partial charge in [-0.2, -0.15) is 0 Å². The van der Waals surface area contributed by atoms with Crippen LogP contribution in [0.15, 0.2) is 42.5 Å². The quantitative estimate of drug-likeness (QED) is 0.762. The average Bonchev–Trinajstić information content (AvgIpc) is 2.67. The number of ether oxygens (including phenoxy) is 2. The van der Waals surface area contributed by atoms with Gasteiger partial charge in [-0.25, -0.2) is 0 Å². The highest BCUT2D eigenvalue weighted by Gasteiger charge is 2.22. The van der Waals surface area contributed by atoms with E-state index in [0.717, 1.165) is 22.6 Å². The van der Waals surface area contributed by atoms with Gasteiger partial charge in [0.2, 0.25) is 0 Å². The van der Waals surface area contributed by atoms with E-state index in [1.54, 1.807) is 14.2 Å². The van der Waals surface area contributed by atoms with Gasteiger partial charge >= 0.3 is 0 Å². The number of carbonyl (C=O) groups excluding carboxylic acids is 1. The van der Waals surface area contributed by atoms with E-state index >= 15 is 0 Å². The van der Waals surface area contributed by atoms with Gasteiger partial charge in [-0.15, -0.1) is 0 Å². The van der Waals surface area contributed by atoms with Crippen LogP contribution in [-0.4, -0.2) is 33.2 Å². The summed E-state index contributed by atoms with van der Waals surface area (Å²) in [5.74, 6) is 1.41. The second kappa shape index (κ2) is 9.25. The Hall–Kier alpha value is -2.53. The van der Waals surface area contributed by atoms with E-state index in [1.807, 2.05) is 56.4 Å². The van der Waals surface area contributed by atoms with E-state index in [9.17, 15) is 4.79 Å². The zero-order chi connectivity index (χ0) is 19.1. The summed E-state index contributed by atoms with van der Waals surface area (Å²) < 4.78 is 10.6. The van der Waals surface area contributed by atoms with Gasteiger partial charge in [-0.05, 0) is 49.2 Å². The standard InChI is InChI=1S/C21H28N2O3/c1-6-16-7-10-18(11-8-16)22-21(24)15(2)23(3)14-17-9-12-19(25-4)20(13-17)26-5/h7-13,15H,6,14H2,1-5H3,(H,22,24)/p+1/t15-/m1/s1. The lowest BCUT2D eigenvalue weighted by atomic mass is 10.1. The molecule has 1 amide bonds. The Kier molecular flexibility index (Phi) is 7.04. The fourth-order valence-corrected chi connectivity index (χ4v) is 2.76. The Bertz CT molecular complexity index is 729. The summed E-state index contributed by atoms with van der Waals surface area (Å²) in [6.45, 7) is 4.76. The van der Waals surface area contributed by atoms with Crippen LogP contribution in [0, 0.1) is 0 Å². The predicted octanol–water partition coefficient (Wildman–Crippen LogP) is 2.31. The number of methoxy groups -OCH3 is 2. The number of carbonyl (C=O) groups is 1. The van der Waals surface area contributed by atoms with Crippen molar-refractivity contribution in [1.82, 2.24) is 0 Å². The summed E-state index contributed by atoms with van der Waals surface area (Å²) >= 11 is 0. The van der Waals surface area contributed by atoms with E-state index in [2.05, 4.69) is 12.2 Å². The van der Waals surface area contributed by atoms with Crippen LogP contribution >= 0.6 is 0 Å². The third kappa shape index (κ3) is 4.99. The Morgan fingerprint density at radius 3 is 2.23 bits per heavy atom. The van der Waals surface area contributed by atoms with E-state index in [4.69, 9.17) is 9.47 Å². The zero-order valence-electron chi connectivity index (χ0n) is 16.3. The lowest BCUT2D eigenvalue weighted by Crippen LogP contribution is -3.12. The highest BCUT2D eigenvalue weighted by Crippen LogP contribution is 2.27. The number of hydrogen-bond donors (Lipinski definition) is 2. The smallest absolute Gasteiger partial charge is 0.282 e. The zero-order valence-corrected chi connectivity index (χ0v) is 16.3. The molecule has 0 aliphatic rings. The van der Waals surface area contributed by atoms with Crippen molar-refractivity contribution in [1.29, 1.82) is 0 Å². The maximum atomic E-state index is 12.5. The van der Waals surface area contributed by atoms with Crippen molar-refractivity contribution in [3.8, 4) is 11.5 Å². The summed E-state index contributed by atoms with van der Waals surface area (Å²) in [6, 6.07) is 13.6. The highest BCUT2D eigenvalue weighted by atomic mass is 16.5. The molecule has 0 spiro atoms. The number of hydrogen-bond acceptors (Lipinski definition) is 3. The summed E-state index contributed by atoms with van der Waals surface area (Å²) in [6.07, 6.45) is 0.989. The maximum absolute atomic E-state index is 12.5. The minimum atomic E-state index is -0.186. The van der Waals surface area contributed by atoms with E-state index in [1.165, 1.54) is 5.56 Å². The predicted molar refractivity (Wildman–Crippen MR) is 104 cm³/mol. The molecule has 2 N–H and O–H groups in total. The van der Waals surface area contributed by atoms with Gasteiger partial charge in [0.15, 0.2) is 17.5 Å². The molecule has 0 aromatic heterocycles. The molecule has 0 bridgehead atoms. The molecule has 5 nitrogen and oxygen atoms in total. The molecule has 26 heavy (non-hydrogen) atoms. The third-order valence-electron chi connectivity index (χ3n) is 4.69. The molecule has 2 rings (SSSR count). The lowest BCUT2D eigenvalue weighted by Gasteiger charge is -2.21. The van der Waals surface area contributed by atoms with Gasteiger partial charge in [0.05, 0.1) is 21.3 Å². The number of quaternary nitrogens is 1. The van der Waals surface area contributed by atoms with Gasteiger partial charge in [0, 0.05) is 11.3 Å². The first-order chi connectivity index (χ1) is 12.5. The number of nitrogens with one attached hydrogen (secondary N) is 2. The van der Waals surface area contributed by atoms with E-state index in [-0.39, 0.29) is 11.9 Å². The highest BCUT2D eigenvalue weighted by molar-refractivity contribution is 5.93. The van der Waals surface area contributed by atoms with Crippen LogP contribution in [0.1, 0.15) is 25.0 Å². The van der Waals surface area contributed by atoms with Crippen molar-refractivity contribution < 1.29 is 19.2 Å².